The predicted molar refractivity (Wildman–Crippen MR) is 194 cm³/mol. The van der Waals surface area contributed by atoms with Crippen LogP contribution in [0.4, 0.5) is 0 Å². The molecule has 0 saturated carbocycles. The maximum atomic E-state index is 11.7. The molecule has 0 bridgehead atoms. The Balaban J connectivity index is 0.923. The first-order valence-electron chi connectivity index (χ1n) is 18.0. The fraction of sp³-hybridized carbons (Fsp3) is 0.421. The van der Waals surface area contributed by atoms with E-state index in [0.717, 1.165) is 64.7 Å². The number of likely N-dealkylation sites (tertiary alicyclic amines) is 2. The van der Waals surface area contributed by atoms with Gasteiger partial charge in [-0.25, -0.2) is 19.8 Å². The van der Waals surface area contributed by atoms with E-state index in [1.807, 2.05) is 0 Å². The normalized spacial score (nSPS) is 21.8. The van der Waals surface area contributed by atoms with Crippen LogP contribution in [0.25, 0.3) is 0 Å². The highest BCUT2D eigenvalue weighted by Gasteiger charge is 2.34. The molecule has 2 aliphatic rings. The largest absolute Gasteiger partial charge is 0.340 e. The van der Waals surface area contributed by atoms with Crippen molar-refractivity contribution in [2.45, 2.75) is 75.8 Å². The summed E-state index contributed by atoms with van der Waals surface area (Å²) in [6.45, 7) is 4.92. The van der Waals surface area contributed by atoms with Crippen molar-refractivity contribution >= 4 is 0 Å². The standard InChI is InChI=1S/C38H48N10O2/c49-37-41-33(43-45-37)25-47-23-7-13-31(35(47)29-9-3-1-4-10-29)39-21-19-27-15-17-28(18-16-27)20-22-40-32-14-8-24-48(26-34-42-38(50)46-44-34)36(32)30-11-5-2-6-12-30/h1-6,9-12,15-18,31-32,35-36,39-40H,7-8,13-14,19-26H2,(H2,41,43,45,49)(H2,42,44,46,50)/t31-,32-,35-,36-/m0/s1. The number of nitrogens with zero attached hydrogens (tertiary/aromatic N) is 4. The average Bonchev–Trinajstić information content (AvgIpc) is 3.76. The molecule has 0 unspecified atom stereocenters. The van der Waals surface area contributed by atoms with Crippen LogP contribution in [0.15, 0.2) is 94.5 Å². The molecule has 7 rings (SSSR count). The van der Waals surface area contributed by atoms with E-state index in [4.69, 9.17) is 0 Å². The van der Waals surface area contributed by atoms with E-state index >= 15 is 0 Å². The van der Waals surface area contributed by atoms with Gasteiger partial charge in [0, 0.05) is 12.1 Å². The number of rotatable bonds is 14. The highest BCUT2D eigenvalue weighted by Crippen LogP contribution is 2.33. The Labute approximate surface area is 292 Å². The van der Waals surface area contributed by atoms with Crippen LogP contribution in [-0.2, 0) is 25.9 Å². The molecule has 5 aromatic rings. The zero-order valence-corrected chi connectivity index (χ0v) is 28.5. The van der Waals surface area contributed by atoms with Crippen LogP contribution in [0.5, 0.6) is 0 Å². The number of benzene rings is 3. The SMILES string of the molecule is O=c1[nH]nc(CN2CCC[C@H](NCCc3ccc(CCN[C@H]4CCCN(Cc5n[nH]c(=O)[nH]5)[C@H]4c4ccccc4)cc3)[C@@H]2c2ccccc2)[nH]1. The summed E-state index contributed by atoms with van der Waals surface area (Å²) in [4.78, 5) is 33.8. The first-order chi connectivity index (χ1) is 24.6. The zero-order valence-electron chi connectivity index (χ0n) is 28.5. The van der Waals surface area contributed by atoms with Crippen LogP contribution in [0.1, 0.15) is 71.7 Å². The van der Waals surface area contributed by atoms with Crippen LogP contribution in [-0.4, -0.2) is 78.4 Å². The second kappa shape index (κ2) is 16.4. The van der Waals surface area contributed by atoms with Crippen molar-refractivity contribution in [3.05, 3.63) is 140 Å². The van der Waals surface area contributed by atoms with Crippen molar-refractivity contribution in [3.63, 3.8) is 0 Å². The monoisotopic (exact) mass is 676 g/mol. The zero-order chi connectivity index (χ0) is 34.1. The van der Waals surface area contributed by atoms with E-state index in [1.165, 1.54) is 22.3 Å². The molecule has 2 fully saturated rings. The lowest BCUT2D eigenvalue weighted by molar-refractivity contribution is 0.102. The molecule has 4 atom stereocenters. The minimum absolute atomic E-state index is 0.201. The van der Waals surface area contributed by atoms with Gasteiger partial charge >= 0.3 is 11.4 Å². The predicted octanol–water partition coefficient (Wildman–Crippen LogP) is 3.59. The molecule has 2 saturated heterocycles. The number of piperidine rings is 2. The van der Waals surface area contributed by atoms with Gasteiger partial charge in [-0.2, -0.15) is 10.2 Å². The maximum absolute atomic E-state index is 11.7. The average molecular weight is 677 g/mol. The third-order valence-electron chi connectivity index (χ3n) is 10.2. The Hall–Kier alpha value is -4.62. The minimum Gasteiger partial charge on any atom is -0.312 e. The van der Waals surface area contributed by atoms with Gasteiger partial charge in [0.2, 0.25) is 0 Å². The number of aromatic amines is 4. The maximum Gasteiger partial charge on any atom is 0.340 e. The fourth-order valence-corrected chi connectivity index (χ4v) is 7.92. The van der Waals surface area contributed by atoms with Gasteiger partial charge in [0.15, 0.2) is 0 Å². The van der Waals surface area contributed by atoms with Crippen molar-refractivity contribution in [2.75, 3.05) is 26.2 Å². The third kappa shape index (κ3) is 8.56. The Bertz CT molecular complexity index is 1730. The Morgan fingerprint density at radius 1 is 0.600 bits per heavy atom. The van der Waals surface area contributed by atoms with Crippen molar-refractivity contribution in [1.82, 2.24) is 50.8 Å². The van der Waals surface area contributed by atoms with Crippen molar-refractivity contribution in [3.8, 4) is 0 Å². The molecule has 50 heavy (non-hydrogen) atoms. The lowest BCUT2D eigenvalue weighted by Gasteiger charge is -2.42. The topological polar surface area (TPSA) is 154 Å². The number of hydrogen-bond donors (Lipinski definition) is 6. The lowest BCUT2D eigenvalue weighted by atomic mass is 9.90. The van der Waals surface area contributed by atoms with E-state index < -0.39 is 0 Å². The molecule has 0 amide bonds. The quantitative estimate of drug-likeness (QED) is 0.104. The van der Waals surface area contributed by atoms with Crippen LogP contribution >= 0.6 is 0 Å². The number of hydrogen-bond acceptors (Lipinski definition) is 8. The minimum atomic E-state index is -0.264. The highest BCUT2D eigenvalue weighted by atomic mass is 16.1. The molecule has 0 radical (unpaired) electrons. The number of aromatic nitrogens is 6. The molecule has 6 N–H and O–H groups in total. The summed E-state index contributed by atoms with van der Waals surface area (Å²) >= 11 is 0. The van der Waals surface area contributed by atoms with E-state index in [2.05, 4.69) is 136 Å². The summed E-state index contributed by atoms with van der Waals surface area (Å²) in [6, 6.07) is 31.4. The summed E-state index contributed by atoms with van der Waals surface area (Å²) in [5.74, 6) is 1.35. The van der Waals surface area contributed by atoms with Gasteiger partial charge in [-0.3, -0.25) is 19.8 Å². The summed E-state index contributed by atoms with van der Waals surface area (Å²) < 4.78 is 0. The molecule has 4 heterocycles. The van der Waals surface area contributed by atoms with Crippen molar-refractivity contribution < 1.29 is 0 Å². The van der Waals surface area contributed by atoms with Crippen molar-refractivity contribution in [1.29, 1.82) is 0 Å². The van der Waals surface area contributed by atoms with Gasteiger partial charge in [-0.15, -0.1) is 0 Å². The third-order valence-corrected chi connectivity index (χ3v) is 10.2. The van der Waals surface area contributed by atoms with Gasteiger partial charge in [-0.05, 0) is 87.0 Å². The molecule has 12 nitrogen and oxygen atoms in total. The first-order valence-corrected chi connectivity index (χ1v) is 18.0. The Morgan fingerprint density at radius 2 is 1.02 bits per heavy atom. The van der Waals surface area contributed by atoms with Gasteiger partial charge in [0.05, 0.1) is 25.2 Å². The molecule has 0 spiro atoms. The molecule has 262 valence electrons. The summed E-state index contributed by atoms with van der Waals surface area (Å²) in [7, 11) is 0. The number of H-pyrrole nitrogens is 4. The van der Waals surface area contributed by atoms with Gasteiger partial charge in [0.1, 0.15) is 11.6 Å². The molecule has 12 heteroatoms. The van der Waals surface area contributed by atoms with E-state index in [1.54, 1.807) is 0 Å². The number of nitrogens with one attached hydrogen (secondary N) is 6. The van der Waals surface area contributed by atoms with Gasteiger partial charge in [-0.1, -0.05) is 84.9 Å². The Morgan fingerprint density at radius 3 is 1.40 bits per heavy atom. The first kappa shape index (κ1) is 33.9. The van der Waals surface area contributed by atoms with Crippen molar-refractivity contribution in [2.24, 2.45) is 0 Å². The second-order valence-corrected chi connectivity index (χ2v) is 13.6. The molecule has 3 aromatic carbocycles. The van der Waals surface area contributed by atoms with E-state index in [9.17, 15) is 9.59 Å². The van der Waals surface area contributed by atoms with E-state index in [0.29, 0.717) is 36.8 Å². The smallest absolute Gasteiger partial charge is 0.312 e. The second-order valence-electron chi connectivity index (χ2n) is 13.6. The summed E-state index contributed by atoms with van der Waals surface area (Å²) in [6.07, 6.45) is 6.31. The fourth-order valence-electron chi connectivity index (χ4n) is 7.92. The van der Waals surface area contributed by atoms with E-state index in [-0.39, 0.29) is 23.5 Å². The van der Waals surface area contributed by atoms with Gasteiger partial charge in [0.25, 0.3) is 0 Å². The summed E-state index contributed by atoms with van der Waals surface area (Å²) in [5, 5.41) is 21.1. The molecular weight excluding hydrogens is 628 g/mol. The molecule has 0 aliphatic carbocycles. The van der Waals surface area contributed by atoms with Crippen LogP contribution in [0, 0.1) is 0 Å². The van der Waals surface area contributed by atoms with Crippen LogP contribution in [0.2, 0.25) is 0 Å². The summed E-state index contributed by atoms with van der Waals surface area (Å²) in [5.41, 5.74) is 4.70. The lowest BCUT2D eigenvalue weighted by Crippen LogP contribution is -2.48. The molecule has 2 aromatic heterocycles. The molecule has 2 aliphatic heterocycles. The molecular formula is C38H48N10O2. The van der Waals surface area contributed by atoms with Crippen LogP contribution in [0.3, 0.4) is 0 Å². The highest BCUT2D eigenvalue weighted by molar-refractivity contribution is 5.25. The van der Waals surface area contributed by atoms with Crippen LogP contribution < -0.4 is 22.0 Å². The Kier molecular flexibility index (Phi) is 11.1. The van der Waals surface area contributed by atoms with Gasteiger partial charge < -0.3 is 10.6 Å².